The van der Waals surface area contributed by atoms with E-state index in [1.807, 2.05) is 32.0 Å². The number of nitrogens with zero attached hydrogens (tertiary/aromatic N) is 2. The summed E-state index contributed by atoms with van der Waals surface area (Å²) in [6.07, 6.45) is -3.42. The van der Waals surface area contributed by atoms with Crippen molar-refractivity contribution >= 4 is 17.3 Å². The molecule has 2 N–H and O–H groups in total. The maximum Gasteiger partial charge on any atom is 0.434 e. The van der Waals surface area contributed by atoms with Crippen LogP contribution in [0.2, 0.25) is 0 Å². The quantitative estimate of drug-likeness (QED) is 0.517. The smallest absolute Gasteiger partial charge is 0.434 e. The van der Waals surface area contributed by atoms with E-state index in [4.69, 9.17) is 4.74 Å². The van der Waals surface area contributed by atoms with Gasteiger partial charge in [0.15, 0.2) is 11.7 Å². The second-order valence-corrected chi connectivity index (χ2v) is 7.29. The lowest BCUT2D eigenvalue weighted by molar-refractivity contribution is -0.140. The van der Waals surface area contributed by atoms with Crippen molar-refractivity contribution in [3.05, 3.63) is 45.4 Å². The van der Waals surface area contributed by atoms with Gasteiger partial charge in [-0.3, -0.25) is 4.99 Å². The highest BCUT2D eigenvalue weighted by Gasteiger charge is 2.33. The highest BCUT2D eigenvalue weighted by molar-refractivity contribution is 7.09. The molecule has 1 heterocycles. The second kappa shape index (κ2) is 9.77. The Balaban J connectivity index is 1.96. The molecule has 0 radical (unpaired) electrons. The van der Waals surface area contributed by atoms with Gasteiger partial charge in [-0.15, -0.1) is 11.3 Å². The van der Waals surface area contributed by atoms with Crippen LogP contribution in [0.4, 0.5) is 13.2 Å². The van der Waals surface area contributed by atoms with Gasteiger partial charge in [0.2, 0.25) is 0 Å². The number of hydrogen-bond acceptors (Lipinski definition) is 4. The molecule has 0 aliphatic heterocycles. The Morgan fingerprint density at radius 3 is 2.61 bits per heavy atom. The Kier molecular flexibility index (Phi) is 7.68. The summed E-state index contributed by atoms with van der Waals surface area (Å²) in [7, 11) is 1.60. The lowest BCUT2D eigenvalue weighted by atomic mass is 10.1. The molecule has 0 aliphatic carbocycles. The van der Waals surface area contributed by atoms with Crippen molar-refractivity contribution in [2.75, 3.05) is 7.05 Å². The molecular formula is C19H25F3N4OS. The largest absolute Gasteiger partial charge is 0.490 e. The molecule has 28 heavy (non-hydrogen) atoms. The lowest BCUT2D eigenvalue weighted by Crippen LogP contribution is -2.36. The molecule has 5 nitrogen and oxygen atoms in total. The maximum atomic E-state index is 12.6. The second-order valence-electron chi connectivity index (χ2n) is 6.35. The van der Waals surface area contributed by atoms with Crippen molar-refractivity contribution in [3.63, 3.8) is 0 Å². The minimum atomic E-state index is -4.42. The third kappa shape index (κ3) is 6.40. The van der Waals surface area contributed by atoms with E-state index in [0.717, 1.165) is 40.0 Å². The molecule has 0 bridgehead atoms. The van der Waals surface area contributed by atoms with Crippen molar-refractivity contribution in [2.45, 2.75) is 52.6 Å². The van der Waals surface area contributed by atoms with Gasteiger partial charge in [-0.1, -0.05) is 19.1 Å². The number of aromatic nitrogens is 1. The van der Waals surface area contributed by atoms with Crippen LogP contribution in [0.1, 0.15) is 42.1 Å². The van der Waals surface area contributed by atoms with E-state index in [1.165, 1.54) is 0 Å². The fourth-order valence-electron chi connectivity index (χ4n) is 2.30. The summed E-state index contributed by atoms with van der Waals surface area (Å²) in [5.41, 5.74) is 1.21. The zero-order valence-corrected chi connectivity index (χ0v) is 17.2. The van der Waals surface area contributed by atoms with Crippen molar-refractivity contribution in [3.8, 4) is 5.75 Å². The molecule has 1 aromatic carbocycles. The number of aryl methyl sites for hydroxylation is 1. The first-order chi connectivity index (χ1) is 13.2. The van der Waals surface area contributed by atoms with Crippen LogP contribution < -0.4 is 15.4 Å². The summed E-state index contributed by atoms with van der Waals surface area (Å²) in [6.45, 7) is 6.71. The molecule has 9 heteroatoms. The number of aliphatic imine (C=N–C) groups is 1. The number of alkyl halides is 3. The minimum absolute atomic E-state index is 0.103. The van der Waals surface area contributed by atoms with Gasteiger partial charge in [-0.2, -0.15) is 13.2 Å². The van der Waals surface area contributed by atoms with E-state index in [-0.39, 0.29) is 12.6 Å². The van der Waals surface area contributed by atoms with E-state index < -0.39 is 11.9 Å². The Labute approximate surface area is 167 Å². The van der Waals surface area contributed by atoms with Crippen LogP contribution in [-0.2, 0) is 19.3 Å². The van der Waals surface area contributed by atoms with Gasteiger partial charge < -0.3 is 15.4 Å². The molecule has 0 amide bonds. The normalized spacial score (nSPS) is 13.3. The average Bonchev–Trinajstić information content (AvgIpc) is 3.12. The van der Waals surface area contributed by atoms with Gasteiger partial charge in [0.1, 0.15) is 10.8 Å². The zero-order chi connectivity index (χ0) is 20.7. The van der Waals surface area contributed by atoms with Gasteiger partial charge in [0, 0.05) is 24.5 Å². The third-order valence-corrected chi connectivity index (χ3v) is 4.89. The molecule has 0 saturated carbocycles. The summed E-state index contributed by atoms with van der Waals surface area (Å²) < 4.78 is 43.9. The summed E-state index contributed by atoms with van der Waals surface area (Å²) in [5, 5.41) is 7.49. The van der Waals surface area contributed by atoms with Gasteiger partial charge in [0.25, 0.3) is 0 Å². The Morgan fingerprint density at radius 2 is 2.00 bits per heavy atom. The number of ether oxygens (including phenoxy) is 1. The monoisotopic (exact) mass is 414 g/mol. The van der Waals surface area contributed by atoms with Crippen molar-refractivity contribution < 1.29 is 17.9 Å². The fourth-order valence-corrected chi connectivity index (χ4v) is 3.04. The first-order valence-electron chi connectivity index (χ1n) is 8.95. The maximum absolute atomic E-state index is 12.6. The van der Waals surface area contributed by atoms with Crippen molar-refractivity contribution in [1.29, 1.82) is 0 Å². The summed E-state index contributed by atoms with van der Waals surface area (Å²) >= 11 is 0.960. The molecule has 2 aromatic rings. The predicted molar refractivity (Wildman–Crippen MR) is 106 cm³/mol. The molecule has 1 atom stereocenters. The van der Waals surface area contributed by atoms with Gasteiger partial charge >= 0.3 is 6.18 Å². The van der Waals surface area contributed by atoms with Crippen LogP contribution in [0.5, 0.6) is 5.75 Å². The number of guanidine groups is 1. The first kappa shape index (κ1) is 22.0. The van der Waals surface area contributed by atoms with Crippen molar-refractivity contribution in [2.24, 2.45) is 4.99 Å². The summed E-state index contributed by atoms with van der Waals surface area (Å²) in [5.74, 6) is 1.28. The van der Waals surface area contributed by atoms with Gasteiger partial charge in [-0.05, 0) is 31.9 Å². The highest BCUT2D eigenvalue weighted by atomic mass is 32.1. The number of nitrogens with one attached hydrogen (secondary N) is 2. The predicted octanol–water partition coefficient (Wildman–Crippen LogP) is 4.51. The number of rotatable bonds is 7. The molecule has 154 valence electrons. The number of thiazole rings is 1. The van der Waals surface area contributed by atoms with Crippen LogP contribution in [0.25, 0.3) is 0 Å². The Hall–Kier alpha value is -2.29. The Bertz CT molecular complexity index is 805. The van der Waals surface area contributed by atoms with E-state index in [1.54, 1.807) is 7.05 Å². The van der Waals surface area contributed by atoms with Crippen LogP contribution in [0.3, 0.4) is 0 Å². The van der Waals surface area contributed by atoms with E-state index in [0.29, 0.717) is 17.5 Å². The van der Waals surface area contributed by atoms with Crippen LogP contribution in [-0.4, -0.2) is 24.1 Å². The van der Waals surface area contributed by atoms with Crippen LogP contribution in [0.15, 0.2) is 28.6 Å². The van der Waals surface area contributed by atoms with E-state index in [9.17, 15) is 13.2 Å². The van der Waals surface area contributed by atoms with Gasteiger partial charge in [-0.25, -0.2) is 4.98 Å². The molecule has 0 fully saturated rings. The molecule has 0 saturated heterocycles. The standard InChI is InChI=1S/C19H25F3N4OS/c1-5-13(3)27-15-8-12(2)6-7-14(15)9-24-18(23-4)25-10-17-26-16(11-28-17)19(20,21)22/h6-8,11,13H,5,9-10H2,1-4H3,(H2,23,24,25). The highest BCUT2D eigenvalue weighted by Crippen LogP contribution is 2.30. The number of benzene rings is 1. The van der Waals surface area contributed by atoms with E-state index >= 15 is 0 Å². The number of halogens is 3. The van der Waals surface area contributed by atoms with E-state index in [2.05, 4.69) is 27.5 Å². The summed E-state index contributed by atoms with van der Waals surface area (Å²) in [6, 6.07) is 5.99. The zero-order valence-electron chi connectivity index (χ0n) is 16.4. The minimum Gasteiger partial charge on any atom is -0.490 e. The SMILES string of the molecule is CCC(C)Oc1cc(C)ccc1CNC(=NC)NCc1nc(C(F)(F)F)cs1. The fraction of sp³-hybridized carbons (Fsp3) is 0.474. The summed E-state index contributed by atoms with van der Waals surface area (Å²) in [4.78, 5) is 7.71. The third-order valence-electron chi connectivity index (χ3n) is 4.04. The molecule has 1 unspecified atom stereocenters. The number of hydrogen-bond donors (Lipinski definition) is 2. The molecule has 1 aromatic heterocycles. The lowest BCUT2D eigenvalue weighted by Gasteiger charge is -2.18. The molecular weight excluding hydrogens is 389 g/mol. The van der Waals surface area contributed by atoms with Crippen LogP contribution >= 0.6 is 11.3 Å². The molecule has 0 aliphatic rings. The topological polar surface area (TPSA) is 58.5 Å². The first-order valence-corrected chi connectivity index (χ1v) is 9.83. The Morgan fingerprint density at radius 1 is 1.29 bits per heavy atom. The van der Waals surface area contributed by atoms with Crippen molar-refractivity contribution in [1.82, 2.24) is 15.6 Å². The molecule has 2 rings (SSSR count). The van der Waals surface area contributed by atoms with Crippen LogP contribution in [0, 0.1) is 6.92 Å². The molecule has 0 spiro atoms. The average molecular weight is 414 g/mol. The van der Waals surface area contributed by atoms with Gasteiger partial charge in [0.05, 0.1) is 12.6 Å².